The number of hydrogen-bond acceptors (Lipinski definition) is 2. The van der Waals surface area contributed by atoms with Crippen LogP contribution >= 0.6 is 0 Å². The van der Waals surface area contributed by atoms with E-state index in [4.69, 9.17) is 0 Å². The zero-order chi connectivity index (χ0) is 9.84. The smallest absolute Gasteiger partial charge is 0.258 e. The number of benzene rings is 1. The molecule has 0 bridgehead atoms. The van der Waals surface area contributed by atoms with Crippen molar-refractivity contribution in [3.8, 4) is 0 Å². The average molecular weight is 178 g/mol. The predicted octanol–water partition coefficient (Wildman–Crippen LogP) is 2.59. The van der Waals surface area contributed by atoms with Crippen LogP contribution < -0.4 is 0 Å². The first-order chi connectivity index (χ1) is 6.09. The first-order valence-corrected chi connectivity index (χ1v) is 4.24. The molecular formula is C10H12NO2. The van der Waals surface area contributed by atoms with E-state index in [1.807, 2.05) is 6.07 Å². The minimum atomic E-state index is -0.413. The van der Waals surface area contributed by atoms with Gasteiger partial charge in [-0.1, -0.05) is 19.9 Å². The van der Waals surface area contributed by atoms with Gasteiger partial charge in [-0.2, -0.15) is 0 Å². The zero-order valence-electron chi connectivity index (χ0n) is 7.78. The third-order valence-electron chi connectivity index (χ3n) is 1.69. The van der Waals surface area contributed by atoms with E-state index >= 15 is 0 Å². The molecule has 3 heteroatoms. The molecule has 0 aliphatic heterocycles. The summed E-state index contributed by atoms with van der Waals surface area (Å²) in [4.78, 5) is 10.0. The molecule has 0 aliphatic rings. The minimum absolute atomic E-state index is 0.0538. The predicted molar refractivity (Wildman–Crippen MR) is 50.5 cm³/mol. The molecule has 0 atom stereocenters. The summed E-state index contributed by atoms with van der Waals surface area (Å²) < 4.78 is 0. The molecule has 3 nitrogen and oxygen atoms in total. The molecule has 0 aliphatic carbocycles. The Balaban J connectivity index is 2.85. The maximum absolute atomic E-state index is 10.4. The van der Waals surface area contributed by atoms with Gasteiger partial charge in [-0.25, -0.2) is 0 Å². The monoisotopic (exact) mass is 178 g/mol. The van der Waals surface area contributed by atoms with E-state index in [-0.39, 0.29) is 5.69 Å². The Morgan fingerprint density at radius 1 is 1.62 bits per heavy atom. The van der Waals surface area contributed by atoms with Crippen molar-refractivity contribution in [2.45, 2.75) is 20.3 Å². The Morgan fingerprint density at radius 2 is 2.31 bits per heavy atom. The highest BCUT2D eigenvalue weighted by Crippen LogP contribution is 2.15. The fourth-order valence-electron chi connectivity index (χ4n) is 1.20. The molecule has 0 unspecified atom stereocenters. The summed E-state index contributed by atoms with van der Waals surface area (Å²) in [5.41, 5.74) is 1.05. The second-order valence-electron chi connectivity index (χ2n) is 3.44. The van der Waals surface area contributed by atoms with Crippen LogP contribution in [0.4, 0.5) is 5.69 Å². The van der Waals surface area contributed by atoms with Crippen molar-refractivity contribution in [3.63, 3.8) is 0 Å². The number of rotatable bonds is 3. The summed E-state index contributed by atoms with van der Waals surface area (Å²) >= 11 is 0. The van der Waals surface area contributed by atoms with Gasteiger partial charge in [0.15, 0.2) is 0 Å². The second kappa shape index (κ2) is 4.03. The zero-order valence-corrected chi connectivity index (χ0v) is 7.78. The summed E-state index contributed by atoms with van der Waals surface area (Å²) in [6, 6.07) is 7.64. The lowest BCUT2D eigenvalue weighted by Crippen LogP contribution is -1.95. The highest BCUT2D eigenvalue weighted by atomic mass is 16.6. The van der Waals surface area contributed by atoms with Gasteiger partial charge in [0.05, 0.1) is 11.0 Å². The Labute approximate surface area is 77.5 Å². The van der Waals surface area contributed by atoms with Crippen molar-refractivity contribution in [2.24, 2.45) is 5.92 Å². The third-order valence-corrected chi connectivity index (χ3v) is 1.69. The first-order valence-electron chi connectivity index (χ1n) is 4.24. The maximum Gasteiger partial charge on any atom is 0.277 e. The maximum atomic E-state index is 10.4. The molecule has 1 aromatic rings. The lowest BCUT2D eigenvalue weighted by atomic mass is 10.0. The Bertz CT molecular complexity index is 308. The van der Waals surface area contributed by atoms with E-state index in [9.17, 15) is 10.1 Å². The summed E-state index contributed by atoms with van der Waals surface area (Å²) in [7, 11) is 0. The number of nitrogens with zero attached hydrogens (tertiary/aromatic N) is 1. The fourth-order valence-corrected chi connectivity index (χ4v) is 1.20. The van der Waals surface area contributed by atoms with Crippen molar-refractivity contribution in [1.29, 1.82) is 0 Å². The normalized spacial score (nSPS) is 10.4. The van der Waals surface area contributed by atoms with E-state index in [0.29, 0.717) is 5.92 Å². The van der Waals surface area contributed by atoms with Gasteiger partial charge < -0.3 is 0 Å². The van der Waals surface area contributed by atoms with Crippen LogP contribution in [0.3, 0.4) is 0 Å². The van der Waals surface area contributed by atoms with Crippen LogP contribution in [0, 0.1) is 22.1 Å². The van der Waals surface area contributed by atoms with Crippen LogP contribution in [-0.2, 0) is 6.42 Å². The number of hydrogen-bond donors (Lipinski definition) is 0. The Kier molecular flexibility index (Phi) is 3.01. The molecular weight excluding hydrogens is 166 g/mol. The molecule has 1 radical (unpaired) electrons. The van der Waals surface area contributed by atoms with Crippen LogP contribution in [0.25, 0.3) is 0 Å². The summed E-state index contributed by atoms with van der Waals surface area (Å²) in [5, 5.41) is 10.4. The van der Waals surface area contributed by atoms with Gasteiger partial charge in [0.25, 0.3) is 5.69 Å². The molecule has 0 saturated heterocycles. The van der Waals surface area contributed by atoms with E-state index in [2.05, 4.69) is 19.9 Å². The van der Waals surface area contributed by atoms with Crippen LogP contribution in [0.5, 0.6) is 0 Å². The second-order valence-corrected chi connectivity index (χ2v) is 3.44. The molecule has 0 fully saturated rings. The highest BCUT2D eigenvalue weighted by Gasteiger charge is 2.06. The van der Waals surface area contributed by atoms with Gasteiger partial charge in [0.1, 0.15) is 0 Å². The van der Waals surface area contributed by atoms with Crippen molar-refractivity contribution in [1.82, 2.24) is 0 Å². The van der Waals surface area contributed by atoms with Crippen molar-refractivity contribution < 1.29 is 4.92 Å². The minimum Gasteiger partial charge on any atom is -0.258 e. The number of nitro benzene ring substituents is 1. The lowest BCUT2D eigenvalue weighted by molar-refractivity contribution is -0.385. The summed E-state index contributed by atoms with van der Waals surface area (Å²) in [6.07, 6.45) is 0.871. The van der Waals surface area contributed by atoms with Crippen LogP contribution in [0.15, 0.2) is 18.2 Å². The standard InChI is InChI=1S/C10H12NO2/c1-8(2)6-9-4-3-5-10(7-9)11(12)13/h3-4,7-8H,6H2,1-2H3. The van der Waals surface area contributed by atoms with Gasteiger partial charge in [-0.3, -0.25) is 10.1 Å². The molecule has 0 aromatic heterocycles. The van der Waals surface area contributed by atoms with Gasteiger partial charge in [-0.15, -0.1) is 0 Å². The van der Waals surface area contributed by atoms with Crippen LogP contribution in [0.1, 0.15) is 19.4 Å². The molecule has 13 heavy (non-hydrogen) atoms. The van der Waals surface area contributed by atoms with E-state index in [0.717, 1.165) is 12.0 Å². The van der Waals surface area contributed by atoms with E-state index < -0.39 is 4.92 Å². The van der Waals surface area contributed by atoms with Gasteiger partial charge in [-0.05, 0) is 24.0 Å². The van der Waals surface area contributed by atoms with E-state index in [1.54, 1.807) is 12.1 Å². The molecule has 0 N–H and O–H groups in total. The van der Waals surface area contributed by atoms with Crippen molar-refractivity contribution in [2.75, 3.05) is 0 Å². The van der Waals surface area contributed by atoms with Gasteiger partial charge in [0, 0.05) is 6.07 Å². The SMILES string of the molecule is CC(C)Cc1cc[c]c([N+](=O)[O-])c1. The first kappa shape index (κ1) is 9.71. The van der Waals surface area contributed by atoms with Gasteiger partial charge in [0.2, 0.25) is 0 Å². The molecule has 0 saturated carbocycles. The molecule has 0 spiro atoms. The quantitative estimate of drug-likeness (QED) is 0.527. The van der Waals surface area contributed by atoms with E-state index in [1.165, 1.54) is 0 Å². The van der Waals surface area contributed by atoms with Crippen molar-refractivity contribution in [3.05, 3.63) is 39.9 Å². The third kappa shape index (κ3) is 2.86. The topological polar surface area (TPSA) is 43.1 Å². The van der Waals surface area contributed by atoms with Gasteiger partial charge >= 0.3 is 0 Å². The lowest BCUT2D eigenvalue weighted by Gasteiger charge is -2.03. The molecule has 1 rings (SSSR count). The molecule has 1 aromatic carbocycles. The molecule has 0 amide bonds. The summed E-state index contributed by atoms with van der Waals surface area (Å²) in [5.74, 6) is 0.516. The largest absolute Gasteiger partial charge is 0.277 e. The number of non-ortho nitro benzene ring substituents is 1. The molecule has 0 heterocycles. The molecule has 69 valence electrons. The van der Waals surface area contributed by atoms with Crippen molar-refractivity contribution >= 4 is 5.69 Å². The van der Waals surface area contributed by atoms with Crippen LogP contribution in [0.2, 0.25) is 0 Å². The van der Waals surface area contributed by atoms with Crippen LogP contribution in [-0.4, -0.2) is 4.92 Å². The Hall–Kier alpha value is -1.38. The Morgan fingerprint density at radius 3 is 2.85 bits per heavy atom. The highest BCUT2D eigenvalue weighted by molar-refractivity contribution is 5.33. The fraction of sp³-hybridized carbons (Fsp3) is 0.400. The average Bonchev–Trinajstić information content (AvgIpc) is 2.03. The summed E-state index contributed by atoms with van der Waals surface area (Å²) in [6.45, 7) is 4.17. The number of nitro groups is 1.